The van der Waals surface area contributed by atoms with Crippen LogP contribution in [-0.4, -0.2) is 19.1 Å². The highest BCUT2D eigenvalue weighted by Crippen LogP contribution is 2.25. The summed E-state index contributed by atoms with van der Waals surface area (Å²) in [6.07, 6.45) is 2.74. The topological polar surface area (TPSA) is 43.4 Å². The van der Waals surface area contributed by atoms with Gasteiger partial charge in [-0.25, -0.2) is 0 Å². The zero-order chi connectivity index (χ0) is 14.4. The van der Waals surface area contributed by atoms with Crippen molar-refractivity contribution in [3.05, 3.63) is 48.3 Å². The molecule has 1 heterocycles. The molecule has 0 bridgehead atoms. The normalized spacial score (nSPS) is 11.9. The molecule has 1 atom stereocenters. The highest BCUT2D eigenvalue weighted by molar-refractivity contribution is 5.36. The standard InChI is InChI=1S/C16H20N2O2/c1-4-15(17-2)16-9-8-14(11-18-16)20-13-7-5-6-12(10-13)19-3/h5-11,15,17H,4H2,1-3H3. The SMILES string of the molecule is CCC(NC)c1ccc(Oc2cccc(OC)c2)cn1. The number of aromatic nitrogens is 1. The van der Waals surface area contributed by atoms with E-state index in [4.69, 9.17) is 9.47 Å². The Labute approximate surface area is 119 Å². The Morgan fingerprint density at radius 3 is 2.55 bits per heavy atom. The smallest absolute Gasteiger partial charge is 0.145 e. The lowest BCUT2D eigenvalue weighted by Crippen LogP contribution is -2.16. The first-order valence-corrected chi connectivity index (χ1v) is 6.72. The zero-order valence-corrected chi connectivity index (χ0v) is 12.1. The van der Waals surface area contributed by atoms with E-state index in [1.165, 1.54) is 0 Å². The predicted molar refractivity (Wildman–Crippen MR) is 79.4 cm³/mol. The average Bonchev–Trinajstić information content (AvgIpc) is 2.50. The van der Waals surface area contributed by atoms with Gasteiger partial charge in [-0.1, -0.05) is 13.0 Å². The summed E-state index contributed by atoms with van der Waals surface area (Å²) >= 11 is 0. The second-order valence-electron chi connectivity index (χ2n) is 4.45. The van der Waals surface area contributed by atoms with Crippen molar-refractivity contribution in [2.24, 2.45) is 0 Å². The zero-order valence-electron chi connectivity index (χ0n) is 12.1. The Balaban J connectivity index is 2.10. The molecule has 1 N–H and O–H groups in total. The van der Waals surface area contributed by atoms with Crippen molar-refractivity contribution in [2.75, 3.05) is 14.2 Å². The third-order valence-corrected chi connectivity index (χ3v) is 3.15. The summed E-state index contributed by atoms with van der Waals surface area (Å²) < 4.78 is 10.9. The minimum absolute atomic E-state index is 0.279. The van der Waals surface area contributed by atoms with E-state index in [0.29, 0.717) is 5.75 Å². The predicted octanol–water partition coefficient (Wildman–Crippen LogP) is 3.55. The highest BCUT2D eigenvalue weighted by Gasteiger charge is 2.08. The van der Waals surface area contributed by atoms with E-state index >= 15 is 0 Å². The van der Waals surface area contributed by atoms with Gasteiger partial charge in [-0.15, -0.1) is 0 Å². The van der Waals surface area contributed by atoms with Gasteiger partial charge in [0.2, 0.25) is 0 Å². The molecule has 4 nitrogen and oxygen atoms in total. The molecule has 0 spiro atoms. The van der Waals surface area contributed by atoms with E-state index in [0.717, 1.165) is 23.6 Å². The third kappa shape index (κ3) is 3.48. The van der Waals surface area contributed by atoms with E-state index in [1.54, 1.807) is 13.3 Å². The molecule has 0 saturated heterocycles. The van der Waals surface area contributed by atoms with Crippen LogP contribution < -0.4 is 14.8 Å². The van der Waals surface area contributed by atoms with E-state index < -0.39 is 0 Å². The summed E-state index contributed by atoms with van der Waals surface area (Å²) in [7, 11) is 3.58. The average molecular weight is 272 g/mol. The molecule has 0 amide bonds. The van der Waals surface area contributed by atoms with Gasteiger partial charge in [-0.2, -0.15) is 0 Å². The third-order valence-electron chi connectivity index (χ3n) is 3.15. The van der Waals surface area contributed by atoms with Gasteiger partial charge >= 0.3 is 0 Å². The number of methoxy groups -OCH3 is 1. The highest BCUT2D eigenvalue weighted by atomic mass is 16.5. The number of benzene rings is 1. The van der Waals surface area contributed by atoms with Gasteiger partial charge in [0.25, 0.3) is 0 Å². The van der Waals surface area contributed by atoms with E-state index in [9.17, 15) is 0 Å². The van der Waals surface area contributed by atoms with Gasteiger partial charge in [-0.05, 0) is 37.7 Å². The molecule has 0 aliphatic heterocycles. The second kappa shape index (κ2) is 6.91. The number of ether oxygens (including phenoxy) is 2. The van der Waals surface area contributed by atoms with Gasteiger partial charge in [0.05, 0.1) is 19.0 Å². The van der Waals surface area contributed by atoms with Crippen LogP contribution in [0.5, 0.6) is 17.2 Å². The Kier molecular flexibility index (Phi) is 4.96. The number of pyridine rings is 1. The summed E-state index contributed by atoms with van der Waals surface area (Å²) in [5.74, 6) is 2.22. The van der Waals surface area contributed by atoms with Gasteiger partial charge in [0, 0.05) is 12.1 Å². The number of rotatable bonds is 6. The maximum Gasteiger partial charge on any atom is 0.145 e. The van der Waals surface area contributed by atoms with E-state index in [1.807, 2.05) is 43.4 Å². The molecule has 1 aromatic carbocycles. The number of hydrogen-bond donors (Lipinski definition) is 1. The molecule has 0 radical (unpaired) electrons. The minimum Gasteiger partial charge on any atom is -0.497 e. The quantitative estimate of drug-likeness (QED) is 0.873. The van der Waals surface area contributed by atoms with Crippen molar-refractivity contribution >= 4 is 0 Å². The van der Waals surface area contributed by atoms with E-state index in [-0.39, 0.29) is 6.04 Å². The van der Waals surface area contributed by atoms with Crippen LogP contribution in [0.4, 0.5) is 0 Å². The summed E-state index contributed by atoms with van der Waals surface area (Å²) in [6, 6.07) is 11.7. The fourth-order valence-corrected chi connectivity index (χ4v) is 2.02. The molecule has 2 rings (SSSR count). The Morgan fingerprint density at radius 2 is 1.95 bits per heavy atom. The van der Waals surface area contributed by atoms with Gasteiger partial charge in [-0.3, -0.25) is 4.98 Å². The van der Waals surface area contributed by atoms with Crippen LogP contribution in [0.15, 0.2) is 42.6 Å². The van der Waals surface area contributed by atoms with Gasteiger partial charge in [0.15, 0.2) is 0 Å². The molecule has 0 saturated carbocycles. The minimum atomic E-state index is 0.279. The summed E-state index contributed by atoms with van der Waals surface area (Å²) in [6.45, 7) is 2.13. The maximum absolute atomic E-state index is 5.76. The van der Waals surface area contributed by atoms with Crippen LogP contribution in [0.2, 0.25) is 0 Å². The molecule has 0 aliphatic rings. The number of hydrogen-bond acceptors (Lipinski definition) is 4. The fraction of sp³-hybridized carbons (Fsp3) is 0.312. The summed E-state index contributed by atoms with van der Waals surface area (Å²) in [4.78, 5) is 4.44. The van der Waals surface area contributed by atoms with E-state index in [2.05, 4.69) is 17.2 Å². The van der Waals surface area contributed by atoms with Crippen molar-refractivity contribution < 1.29 is 9.47 Å². The largest absolute Gasteiger partial charge is 0.497 e. The first-order valence-electron chi connectivity index (χ1n) is 6.72. The molecule has 1 aromatic heterocycles. The lowest BCUT2D eigenvalue weighted by Gasteiger charge is -2.13. The van der Waals surface area contributed by atoms with Gasteiger partial charge < -0.3 is 14.8 Å². The van der Waals surface area contributed by atoms with Crippen LogP contribution in [0, 0.1) is 0 Å². The first-order chi connectivity index (χ1) is 9.76. The fourth-order valence-electron chi connectivity index (χ4n) is 2.02. The van der Waals surface area contributed by atoms with Gasteiger partial charge in [0.1, 0.15) is 17.2 Å². The number of nitrogens with one attached hydrogen (secondary N) is 1. The van der Waals surface area contributed by atoms with Crippen LogP contribution in [0.25, 0.3) is 0 Å². The molecular weight excluding hydrogens is 252 g/mol. The Bertz CT molecular complexity index is 536. The molecular formula is C16H20N2O2. The second-order valence-corrected chi connectivity index (χ2v) is 4.45. The van der Waals surface area contributed by atoms with Crippen LogP contribution in [0.1, 0.15) is 25.1 Å². The first kappa shape index (κ1) is 14.3. The van der Waals surface area contributed by atoms with Crippen LogP contribution in [-0.2, 0) is 0 Å². The summed E-state index contributed by atoms with van der Waals surface area (Å²) in [5.41, 5.74) is 1.02. The molecule has 1 unspecified atom stereocenters. The molecule has 0 aliphatic carbocycles. The Hall–Kier alpha value is -2.07. The van der Waals surface area contributed by atoms with Crippen molar-refractivity contribution in [2.45, 2.75) is 19.4 Å². The number of nitrogens with zero attached hydrogens (tertiary/aromatic N) is 1. The lowest BCUT2D eigenvalue weighted by molar-refractivity contribution is 0.409. The molecule has 2 aromatic rings. The molecule has 20 heavy (non-hydrogen) atoms. The van der Waals surface area contributed by atoms with Crippen molar-refractivity contribution in [3.63, 3.8) is 0 Å². The molecule has 4 heteroatoms. The van der Waals surface area contributed by atoms with Crippen LogP contribution in [0.3, 0.4) is 0 Å². The van der Waals surface area contributed by atoms with Crippen molar-refractivity contribution in [1.29, 1.82) is 0 Å². The monoisotopic (exact) mass is 272 g/mol. The lowest BCUT2D eigenvalue weighted by atomic mass is 10.1. The van der Waals surface area contributed by atoms with Crippen LogP contribution >= 0.6 is 0 Å². The maximum atomic E-state index is 5.76. The molecule has 106 valence electrons. The van der Waals surface area contributed by atoms with Crippen molar-refractivity contribution in [3.8, 4) is 17.2 Å². The molecule has 0 fully saturated rings. The van der Waals surface area contributed by atoms with Crippen molar-refractivity contribution in [1.82, 2.24) is 10.3 Å². The Morgan fingerprint density at radius 1 is 1.15 bits per heavy atom. The summed E-state index contributed by atoms with van der Waals surface area (Å²) in [5, 5.41) is 3.23.